The zero-order valence-electron chi connectivity index (χ0n) is 57.8. The number of aliphatic carboxylic acids is 2. The molecule has 3 aliphatic rings. The van der Waals surface area contributed by atoms with Crippen LogP contribution < -0.4 is 110 Å². The van der Waals surface area contributed by atoms with E-state index in [9.17, 15) is 78.0 Å². The van der Waals surface area contributed by atoms with Crippen LogP contribution in [0.25, 0.3) is 0 Å². The summed E-state index contributed by atoms with van der Waals surface area (Å²) >= 11 is 0. The Bertz CT molecular complexity index is 3400. The fourth-order valence-electron chi connectivity index (χ4n) is 10.7. The number of carbonyl (C=O) groups is 15. The summed E-state index contributed by atoms with van der Waals surface area (Å²) in [7, 11) is 1.60. The van der Waals surface area contributed by atoms with Gasteiger partial charge in [-0.3, -0.25) is 77.3 Å². The highest BCUT2D eigenvalue weighted by atomic mass is 33.1. The number of hydrogen-bond acceptors (Lipinski definition) is 23. The predicted molar refractivity (Wildman–Crippen MR) is 384 cm³/mol. The second-order valence-corrected chi connectivity index (χ2v) is 27.0. The molecule has 3 heterocycles. The van der Waals surface area contributed by atoms with Gasteiger partial charge in [0, 0.05) is 50.7 Å². The van der Waals surface area contributed by atoms with E-state index in [-0.39, 0.29) is 121 Å². The van der Waals surface area contributed by atoms with Gasteiger partial charge in [-0.15, -0.1) is 0 Å². The highest BCUT2D eigenvalue weighted by Crippen LogP contribution is 2.25. The van der Waals surface area contributed by atoms with Crippen LogP contribution >= 0.6 is 21.6 Å². The van der Waals surface area contributed by atoms with Crippen LogP contribution in [-0.4, -0.2) is 262 Å². The molecule has 2 bridgehead atoms. The van der Waals surface area contributed by atoms with Crippen LogP contribution in [0.5, 0.6) is 5.75 Å². The first kappa shape index (κ1) is 87.4. The number of phenols is 1. The van der Waals surface area contributed by atoms with Crippen molar-refractivity contribution in [2.75, 3.05) is 57.4 Å². The summed E-state index contributed by atoms with van der Waals surface area (Å²) in [4.78, 5) is 225. The lowest BCUT2D eigenvalue weighted by atomic mass is 10.0. The van der Waals surface area contributed by atoms with E-state index in [4.69, 9.17) is 45.9 Å². The smallest absolute Gasteiger partial charge is 0.326 e. The third-order valence-corrected chi connectivity index (χ3v) is 18.6. The average Bonchev–Trinajstić information content (AvgIpc) is 1.65. The number of aliphatic imine (C=N–C) groups is 3. The minimum atomic E-state index is -2.05. The number of guanidine groups is 3. The van der Waals surface area contributed by atoms with Gasteiger partial charge in [0.2, 0.25) is 70.9 Å². The summed E-state index contributed by atoms with van der Waals surface area (Å²) in [5.74, 6) is -18.8. The van der Waals surface area contributed by atoms with Crippen LogP contribution in [0.3, 0.4) is 0 Å². The molecule has 0 saturated carbocycles. The Morgan fingerprint density at radius 2 is 1.08 bits per heavy atom. The maximum Gasteiger partial charge on any atom is 0.326 e. The molecule has 0 radical (unpaired) electrons. The second-order valence-electron chi connectivity index (χ2n) is 24.4. The molecule has 32 N–H and O–H groups in total. The first-order valence-corrected chi connectivity index (χ1v) is 36.1. The Hall–Kier alpha value is -11.0. The van der Waals surface area contributed by atoms with Crippen molar-refractivity contribution in [3.8, 4) is 5.75 Å². The van der Waals surface area contributed by atoms with Crippen LogP contribution in [-0.2, 0) is 73.5 Å². The first-order chi connectivity index (χ1) is 50.3. The molecule has 3 aliphatic heterocycles. The monoisotopic (exact) mass is 1530 g/mol. The number of aliphatic hydroxyl groups is 1. The van der Waals surface area contributed by atoms with Crippen LogP contribution in [0.1, 0.15) is 89.0 Å². The molecule has 12 atom stereocenters. The number of amides is 14. The van der Waals surface area contributed by atoms with Gasteiger partial charge >= 0.3 is 18.0 Å². The molecule has 4 rings (SSSR count). The van der Waals surface area contributed by atoms with E-state index in [1.165, 1.54) is 36.4 Å². The molecular weight excluding hydrogens is 1440 g/mol. The maximum atomic E-state index is 15.1. The number of carboxylic acids is 2. The molecule has 43 nitrogen and oxygen atoms in total. The number of rotatable bonds is 26. The van der Waals surface area contributed by atoms with Gasteiger partial charge in [0.1, 0.15) is 78.3 Å². The van der Waals surface area contributed by atoms with E-state index < -0.39 is 212 Å². The van der Waals surface area contributed by atoms with E-state index in [1.807, 2.05) is 0 Å². The number of carboxylic acid groups (broad SMARTS) is 2. The summed E-state index contributed by atoms with van der Waals surface area (Å²) in [6.45, 7) is -2.70. The average molecular weight is 1530 g/mol. The van der Waals surface area contributed by atoms with Crippen molar-refractivity contribution in [2.45, 2.75) is 162 Å². The minimum Gasteiger partial charge on any atom is -0.508 e. The summed E-state index contributed by atoms with van der Waals surface area (Å²) in [6, 6.07) is -16.7. The number of primary amides is 1. The molecule has 1 aromatic rings. The minimum absolute atomic E-state index is 0.00335. The number of aromatic hydroxyl groups is 1. The highest BCUT2D eigenvalue weighted by Gasteiger charge is 2.42. The fourth-order valence-corrected chi connectivity index (χ4v) is 13.1. The molecule has 14 amide bonds. The van der Waals surface area contributed by atoms with Gasteiger partial charge in [-0.2, -0.15) is 0 Å². The van der Waals surface area contributed by atoms with Gasteiger partial charge < -0.3 is 135 Å². The van der Waals surface area contributed by atoms with Crippen molar-refractivity contribution >= 4 is 128 Å². The van der Waals surface area contributed by atoms with Crippen LogP contribution in [0.4, 0.5) is 4.79 Å². The molecule has 45 heteroatoms. The third kappa shape index (κ3) is 31.2. The van der Waals surface area contributed by atoms with Gasteiger partial charge in [0.25, 0.3) is 0 Å². The number of phenolic OH excluding ortho intramolecular Hbond substituents is 1. The van der Waals surface area contributed by atoms with E-state index in [2.05, 4.69) is 78.8 Å². The molecule has 0 unspecified atom stereocenters. The highest BCUT2D eigenvalue weighted by molar-refractivity contribution is 8.76. The molecular formula is C61H96N24O19S2. The van der Waals surface area contributed by atoms with Crippen LogP contribution in [0.2, 0.25) is 0 Å². The number of hydrogen-bond donors (Lipinski definition) is 24. The summed E-state index contributed by atoms with van der Waals surface area (Å²) < 4.78 is 0. The molecule has 0 aromatic heterocycles. The number of benzene rings is 1. The van der Waals surface area contributed by atoms with E-state index in [1.54, 1.807) is 0 Å². The molecule has 586 valence electrons. The predicted octanol–water partition coefficient (Wildman–Crippen LogP) is -9.88. The number of nitrogens with zero attached hydrogens (tertiary/aromatic N) is 4. The zero-order chi connectivity index (χ0) is 78.6. The van der Waals surface area contributed by atoms with Crippen molar-refractivity contribution in [1.82, 2.24) is 68.7 Å². The lowest BCUT2D eigenvalue weighted by Gasteiger charge is -2.30. The lowest BCUT2D eigenvalue weighted by molar-refractivity contribution is -0.146. The number of aliphatic hydroxyl groups excluding tert-OH is 1. The summed E-state index contributed by atoms with van der Waals surface area (Å²) in [6.07, 6.45) is -1.81. The second kappa shape index (κ2) is 45.3. The van der Waals surface area contributed by atoms with Crippen LogP contribution in [0, 0.1) is 0 Å². The Labute approximate surface area is 615 Å². The lowest BCUT2D eigenvalue weighted by Crippen LogP contribution is -2.61. The largest absolute Gasteiger partial charge is 0.508 e. The quantitative estimate of drug-likeness (QED) is 0.0135. The van der Waals surface area contributed by atoms with Gasteiger partial charge in [0.15, 0.2) is 17.9 Å². The van der Waals surface area contributed by atoms with Crippen molar-refractivity contribution in [3.63, 3.8) is 0 Å². The fraction of sp³-hybridized carbons (Fsp3) is 0.574. The Kier molecular flexibility index (Phi) is 37.4. The van der Waals surface area contributed by atoms with Crippen molar-refractivity contribution in [1.29, 1.82) is 0 Å². The first-order valence-electron chi connectivity index (χ1n) is 33.6. The van der Waals surface area contributed by atoms with Gasteiger partial charge in [-0.1, -0.05) is 45.9 Å². The van der Waals surface area contributed by atoms with Crippen molar-refractivity contribution < 1.29 is 92.3 Å². The Morgan fingerprint density at radius 3 is 1.66 bits per heavy atom. The molecule has 2 fully saturated rings. The van der Waals surface area contributed by atoms with Gasteiger partial charge in [-0.05, 0) is 94.7 Å². The molecule has 1 aromatic carbocycles. The van der Waals surface area contributed by atoms with E-state index in [0.29, 0.717) is 5.56 Å². The number of nitrogens with one attached hydrogen (secondary N) is 12. The number of carbonyl (C=O) groups excluding carboxylic acids is 13. The number of urea groups is 1. The number of fused-ring (bicyclic) bond motifs is 9. The molecule has 0 aliphatic carbocycles. The SMILES string of the molecule is NCC(=O)N[C@H]1CSSC[C@@H]2NC(=O)[C@H](CCCN=C(N)N)NC(=O)[C@@H]3CCCN3C(=O)[C@H](CC(=O)O)NC(=O)[C@H](CO)NC(=O)[C@H](C/C=C\C[C@@H](C(=O)N[C@@H](CCCN=C(N)N)C(=O)O)NC(=O)[C@H](CCCN=C(N)N)NC(=O)[C@H](Cc3ccc(O)cc3)NC(=O)[C@H](CCCNC(N)=O)NC2=O)NC1=O. The maximum absolute atomic E-state index is 15.1. The molecule has 0 spiro atoms. The molecule has 2 saturated heterocycles. The van der Waals surface area contributed by atoms with E-state index >= 15 is 14.4 Å². The molecule has 106 heavy (non-hydrogen) atoms. The van der Waals surface area contributed by atoms with Crippen molar-refractivity contribution in [2.24, 2.45) is 60.8 Å². The summed E-state index contributed by atoms with van der Waals surface area (Å²) in [5, 5.41) is 70.7. The van der Waals surface area contributed by atoms with Crippen molar-refractivity contribution in [3.05, 3.63) is 42.0 Å². The normalized spacial score (nSPS) is 24.2. The van der Waals surface area contributed by atoms with E-state index in [0.717, 1.165) is 26.5 Å². The Morgan fingerprint density at radius 1 is 0.575 bits per heavy atom. The van der Waals surface area contributed by atoms with Gasteiger partial charge in [0.05, 0.1) is 19.6 Å². The summed E-state index contributed by atoms with van der Waals surface area (Å²) in [5.41, 5.74) is 44.5. The standard InChI is InChI=1S/C61H96N24O19S2/c62-26-44(88)74-41-28-105-106-29-42-54(99)78-35(12-5-22-73-61(69)104)48(93)81-38(24-30-15-17-31(87)18-16-30)51(96)76-34(10-3-19-70-58(63)64)46(91)75-32(47(92)80-37(57(102)103)13-6-21-72-60(67)68)8-1-2-9-33(77-53(41)98)49(94)83-40(27-86)52(97)82-39(25-45(89)90)56(101)85-23-7-14-43(85)55(100)79-36(50(95)84-42)11-4-20-71-59(65)66/h1-2,15-18,32-43,86-87H,3-14,19-29,62H2,(H,74,88)(H,75,91)(H,76,96)(H,77,98)(H,78,99)(H,79,100)(H,80,92)(H,81,93)(H,82,97)(H,83,94)(H,84,95)(H,89,90)(H,102,103)(H4,63,64,70)(H4,65,66,71)(H4,67,68,72)(H3,69,73,104)/b2-1-/t32-,33-,34-,35-,36-,37-,38-,39-,40-,41-,42-,43-/m0/s1. The number of nitrogens with two attached hydrogens (primary N) is 8. The van der Waals surface area contributed by atoms with Crippen LogP contribution in [0.15, 0.2) is 51.4 Å². The van der Waals surface area contributed by atoms with Gasteiger partial charge in [-0.25, -0.2) is 9.59 Å². The zero-order valence-corrected chi connectivity index (χ0v) is 59.4. The topological polar surface area (TPSA) is 730 Å². The Balaban J connectivity index is 2.09. The third-order valence-electron chi connectivity index (χ3n) is 16.2.